The van der Waals surface area contributed by atoms with Crippen LogP contribution in [0.15, 0.2) is 48.7 Å². The molecule has 33 heavy (non-hydrogen) atoms. The molecule has 2 unspecified atom stereocenters. The van der Waals surface area contributed by atoms with Crippen molar-refractivity contribution in [2.45, 2.75) is 32.7 Å². The third-order valence-corrected chi connectivity index (χ3v) is 6.64. The summed E-state index contributed by atoms with van der Waals surface area (Å²) >= 11 is 0. The molecule has 0 bridgehead atoms. The second-order valence-electron chi connectivity index (χ2n) is 9.34. The second kappa shape index (κ2) is 10.8. The van der Waals surface area contributed by atoms with Crippen LogP contribution in [0.25, 0.3) is 0 Å². The number of aromatic nitrogens is 1. The minimum Gasteiger partial charge on any atom is -0.354 e. The van der Waals surface area contributed by atoms with E-state index in [-0.39, 0.29) is 23.8 Å². The highest BCUT2D eigenvalue weighted by atomic mass is 16.2. The molecule has 176 valence electrons. The van der Waals surface area contributed by atoms with E-state index in [0.29, 0.717) is 18.7 Å². The zero-order valence-corrected chi connectivity index (χ0v) is 19.7. The highest BCUT2D eigenvalue weighted by molar-refractivity contribution is 5.94. The molecule has 0 radical (unpaired) electrons. The van der Waals surface area contributed by atoms with E-state index in [2.05, 4.69) is 33.1 Å². The lowest BCUT2D eigenvalue weighted by molar-refractivity contribution is -0.127. The molecular weight excluding hydrogens is 414 g/mol. The number of nitrogens with one attached hydrogen (secondary N) is 1. The predicted octanol–water partition coefficient (Wildman–Crippen LogP) is 2.57. The number of aryl methyl sites for hydroxylation is 1. The van der Waals surface area contributed by atoms with Crippen molar-refractivity contribution in [3.8, 4) is 0 Å². The summed E-state index contributed by atoms with van der Waals surface area (Å²) in [4.78, 5) is 36.8. The van der Waals surface area contributed by atoms with E-state index in [1.54, 1.807) is 0 Å². The quantitative estimate of drug-likeness (QED) is 0.734. The summed E-state index contributed by atoms with van der Waals surface area (Å²) in [6.45, 7) is 9.92. The zero-order chi connectivity index (χ0) is 23.2. The fraction of sp³-hybridized carbons (Fsp3) is 0.500. The zero-order valence-electron chi connectivity index (χ0n) is 19.7. The Kier molecular flexibility index (Phi) is 7.60. The summed E-state index contributed by atoms with van der Waals surface area (Å²) in [5, 5.41) is 3.20. The molecule has 0 saturated carbocycles. The molecule has 2 atom stereocenters. The average Bonchev–Trinajstić information content (AvgIpc) is 2.85. The van der Waals surface area contributed by atoms with Crippen LogP contribution in [-0.4, -0.2) is 78.5 Å². The van der Waals surface area contributed by atoms with Crippen molar-refractivity contribution in [1.82, 2.24) is 20.1 Å². The number of nitrogens with zero attached hydrogens (tertiary/aromatic N) is 4. The van der Waals surface area contributed by atoms with Crippen molar-refractivity contribution in [3.63, 3.8) is 0 Å². The number of amides is 2. The van der Waals surface area contributed by atoms with Gasteiger partial charge in [-0.2, -0.15) is 0 Å². The SMILES string of the molecule is Cc1ccc(C(=O)N2CCCC(C(=O)NC(C)CN3CCN(c4ccccn4)CC3)C2)cc1. The Bertz CT molecular complexity index is 925. The summed E-state index contributed by atoms with van der Waals surface area (Å²) in [7, 11) is 0. The van der Waals surface area contributed by atoms with Crippen LogP contribution in [0, 0.1) is 12.8 Å². The second-order valence-corrected chi connectivity index (χ2v) is 9.34. The predicted molar refractivity (Wildman–Crippen MR) is 130 cm³/mol. The van der Waals surface area contributed by atoms with E-state index < -0.39 is 0 Å². The number of pyridine rings is 1. The van der Waals surface area contributed by atoms with Crippen LogP contribution in [0.1, 0.15) is 35.7 Å². The molecule has 7 heteroatoms. The molecule has 4 rings (SSSR count). The molecule has 0 aliphatic carbocycles. The average molecular weight is 450 g/mol. The lowest BCUT2D eigenvalue weighted by atomic mass is 9.96. The third-order valence-electron chi connectivity index (χ3n) is 6.64. The summed E-state index contributed by atoms with van der Waals surface area (Å²) in [5.74, 6) is 0.972. The van der Waals surface area contributed by atoms with Gasteiger partial charge in [0, 0.05) is 63.6 Å². The fourth-order valence-corrected chi connectivity index (χ4v) is 4.75. The van der Waals surface area contributed by atoms with E-state index in [1.807, 2.05) is 54.4 Å². The van der Waals surface area contributed by atoms with Gasteiger partial charge in [-0.3, -0.25) is 14.5 Å². The van der Waals surface area contributed by atoms with Gasteiger partial charge in [-0.25, -0.2) is 4.98 Å². The number of hydrogen-bond donors (Lipinski definition) is 1. The van der Waals surface area contributed by atoms with Crippen LogP contribution >= 0.6 is 0 Å². The summed E-state index contributed by atoms with van der Waals surface area (Å²) in [5.41, 5.74) is 1.83. The van der Waals surface area contributed by atoms with Crippen molar-refractivity contribution in [3.05, 3.63) is 59.8 Å². The van der Waals surface area contributed by atoms with E-state index in [1.165, 1.54) is 0 Å². The van der Waals surface area contributed by atoms with E-state index >= 15 is 0 Å². The molecule has 2 aliphatic rings. The molecule has 2 saturated heterocycles. The molecule has 3 heterocycles. The summed E-state index contributed by atoms with van der Waals surface area (Å²) < 4.78 is 0. The van der Waals surface area contributed by atoms with Crippen molar-refractivity contribution in [2.24, 2.45) is 5.92 Å². The van der Waals surface area contributed by atoms with Crippen LogP contribution < -0.4 is 10.2 Å². The first kappa shape index (κ1) is 23.2. The Morgan fingerprint density at radius 2 is 1.82 bits per heavy atom. The maximum atomic E-state index is 13.0. The molecule has 2 fully saturated rings. The standard InChI is InChI=1S/C26H35N5O2/c1-20-8-10-22(11-9-20)26(33)31-13-5-6-23(19-31)25(32)28-21(2)18-29-14-16-30(17-15-29)24-7-3-4-12-27-24/h3-4,7-12,21,23H,5-6,13-19H2,1-2H3,(H,28,32). The molecule has 0 spiro atoms. The molecular formula is C26H35N5O2. The van der Waals surface area contributed by atoms with Gasteiger partial charge in [0.25, 0.3) is 5.91 Å². The first-order valence-corrected chi connectivity index (χ1v) is 12.0. The lowest BCUT2D eigenvalue weighted by Crippen LogP contribution is -2.52. The minimum absolute atomic E-state index is 0.0197. The first-order valence-electron chi connectivity index (χ1n) is 12.0. The Morgan fingerprint density at radius 1 is 1.06 bits per heavy atom. The number of piperidine rings is 1. The van der Waals surface area contributed by atoms with Gasteiger partial charge in [0.2, 0.25) is 5.91 Å². The first-order chi connectivity index (χ1) is 16.0. The van der Waals surface area contributed by atoms with Crippen molar-refractivity contribution in [1.29, 1.82) is 0 Å². The van der Waals surface area contributed by atoms with Crippen LogP contribution in [0.5, 0.6) is 0 Å². The topological polar surface area (TPSA) is 68.8 Å². The number of benzene rings is 1. The molecule has 2 aromatic rings. The van der Waals surface area contributed by atoms with Crippen molar-refractivity contribution in [2.75, 3.05) is 50.7 Å². The fourth-order valence-electron chi connectivity index (χ4n) is 4.75. The van der Waals surface area contributed by atoms with E-state index in [4.69, 9.17) is 0 Å². The highest BCUT2D eigenvalue weighted by Gasteiger charge is 2.30. The van der Waals surface area contributed by atoms with Gasteiger partial charge in [-0.05, 0) is 51.0 Å². The van der Waals surface area contributed by atoms with Gasteiger partial charge in [0.15, 0.2) is 0 Å². The van der Waals surface area contributed by atoms with Crippen molar-refractivity contribution >= 4 is 17.6 Å². The summed E-state index contributed by atoms with van der Waals surface area (Å²) in [6.07, 6.45) is 3.53. The van der Waals surface area contributed by atoms with Crippen molar-refractivity contribution < 1.29 is 9.59 Å². The molecule has 1 aromatic heterocycles. The molecule has 7 nitrogen and oxygen atoms in total. The number of rotatable bonds is 6. The molecule has 2 aliphatic heterocycles. The Hall–Kier alpha value is -2.93. The monoisotopic (exact) mass is 449 g/mol. The maximum Gasteiger partial charge on any atom is 0.253 e. The van der Waals surface area contributed by atoms with Crippen LogP contribution in [0.4, 0.5) is 5.82 Å². The Labute approximate surface area is 196 Å². The van der Waals surface area contributed by atoms with Gasteiger partial charge < -0.3 is 15.1 Å². The highest BCUT2D eigenvalue weighted by Crippen LogP contribution is 2.20. The Balaban J connectivity index is 1.23. The number of piperazine rings is 1. The van der Waals surface area contributed by atoms with Crippen LogP contribution in [0.3, 0.4) is 0 Å². The lowest BCUT2D eigenvalue weighted by Gasteiger charge is -2.37. The minimum atomic E-state index is -0.142. The number of carbonyl (C=O) groups is 2. The van der Waals surface area contributed by atoms with Crippen LogP contribution in [-0.2, 0) is 4.79 Å². The smallest absolute Gasteiger partial charge is 0.253 e. The van der Waals surface area contributed by atoms with E-state index in [9.17, 15) is 9.59 Å². The van der Waals surface area contributed by atoms with Gasteiger partial charge in [0.1, 0.15) is 5.82 Å². The number of anilines is 1. The van der Waals surface area contributed by atoms with Gasteiger partial charge in [-0.15, -0.1) is 0 Å². The van der Waals surface area contributed by atoms with Gasteiger partial charge in [0.05, 0.1) is 5.92 Å². The maximum absolute atomic E-state index is 13.0. The van der Waals surface area contributed by atoms with Crippen LogP contribution in [0.2, 0.25) is 0 Å². The Morgan fingerprint density at radius 3 is 2.52 bits per heavy atom. The van der Waals surface area contributed by atoms with Gasteiger partial charge in [-0.1, -0.05) is 23.8 Å². The number of likely N-dealkylation sites (tertiary alicyclic amines) is 1. The van der Waals surface area contributed by atoms with Gasteiger partial charge >= 0.3 is 0 Å². The summed E-state index contributed by atoms with van der Waals surface area (Å²) in [6, 6.07) is 13.7. The van der Waals surface area contributed by atoms with E-state index in [0.717, 1.165) is 56.9 Å². The molecule has 2 amide bonds. The molecule has 1 N–H and O–H groups in total. The largest absolute Gasteiger partial charge is 0.354 e. The normalized spacial score (nSPS) is 20.4. The number of carbonyl (C=O) groups excluding carboxylic acids is 2. The number of hydrogen-bond acceptors (Lipinski definition) is 5. The third kappa shape index (κ3) is 6.11. The molecule has 1 aromatic carbocycles.